The molecule has 0 aliphatic heterocycles. The minimum atomic E-state index is -0.803. The van der Waals surface area contributed by atoms with Gasteiger partial charge in [0, 0.05) is 13.1 Å². The number of likely N-dealkylation sites (N-methyl/N-ethyl adjacent to an activating group) is 1. The number of carbonyl (C=O) groups excluding carboxylic acids is 1. The summed E-state index contributed by atoms with van der Waals surface area (Å²) in [5.41, 5.74) is 0.274. The topological polar surface area (TPSA) is 52.6 Å². The Labute approximate surface area is 115 Å². The highest BCUT2D eigenvalue weighted by Gasteiger charge is 2.23. The molecule has 1 unspecified atom stereocenters. The molecule has 1 aromatic rings. The number of rotatable bonds is 6. The van der Waals surface area contributed by atoms with E-state index in [4.69, 9.17) is 0 Å². The molecule has 1 atom stereocenters. The number of hydrogen-bond acceptors (Lipinski definition) is 3. The van der Waals surface area contributed by atoms with Crippen LogP contribution >= 0.6 is 0 Å². The lowest BCUT2D eigenvalue weighted by molar-refractivity contribution is -0.126. The molecule has 2 N–H and O–H groups in total. The van der Waals surface area contributed by atoms with Crippen LogP contribution < -0.4 is 5.32 Å². The maximum atomic E-state index is 12.0. The standard InChI is InChI=1S/C15H24N2O2/c1-12(17(4)11-15(2,3)19)14(18)16-10-13-8-6-5-7-9-13/h5-9,12,19H,10-11H2,1-4H3,(H,16,18). The van der Waals surface area contributed by atoms with Crippen LogP contribution in [-0.4, -0.2) is 41.1 Å². The number of nitrogens with one attached hydrogen (secondary N) is 1. The molecule has 0 saturated carbocycles. The van der Waals surface area contributed by atoms with E-state index < -0.39 is 5.60 Å². The first-order valence-corrected chi connectivity index (χ1v) is 6.54. The first-order chi connectivity index (χ1) is 8.79. The van der Waals surface area contributed by atoms with Gasteiger partial charge in [-0.15, -0.1) is 0 Å². The predicted octanol–water partition coefficient (Wildman–Crippen LogP) is 1.39. The maximum absolute atomic E-state index is 12.0. The molecular formula is C15H24N2O2. The lowest BCUT2D eigenvalue weighted by atomic mass is 10.1. The highest BCUT2D eigenvalue weighted by atomic mass is 16.3. The Morgan fingerprint density at radius 1 is 1.37 bits per heavy atom. The molecule has 1 rings (SSSR count). The van der Waals surface area contributed by atoms with Crippen molar-refractivity contribution in [1.29, 1.82) is 0 Å². The zero-order valence-corrected chi connectivity index (χ0v) is 12.2. The van der Waals surface area contributed by atoms with Crippen molar-refractivity contribution in [2.45, 2.75) is 39.0 Å². The van der Waals surface area contributed by atoms with Crippen LogP contribution in [0.15, 0.2) is 30.3 Å². The molecule has 0 heterocycles. The summed E-state index contributed by atoms with van der Waals surface area (Å²) in [6.07, 6.45) is 0. The molecule has 0 aliphatic carbocycles. The number of carbonyl (C=O) groups is 1. The predicted molar refractivity (Wildman–Crippen MR) is 76.7 cm³/mol. The second kappa shape index (κ2) is 6.68. The van der Waals surface area contributed by atoms with Crippen LogP contribution in [0.2, 0.25) is 0 Å². The van der Waals surface area contributed by atoms with Crippen LogP contribution in [0.1, 0.15) is 26.3 Å². The van der Waals surface area contributed by atoms with Crippen molar-refractivity contribution in [2.24, 2.45) is 0 Å². The highest BCUT2D eigenvalue weighted by molar-refractivity contribution is 5.81. The normalized spacial score (nSPS) is 13.4. The van der Waals surface area contributed by atoms with Crippen LogP contribution in [-0.2, 0) is 11.3 Å². The molecule has 4 heteroatoms. The fourth-order valence-electron chi connectivity index (χ4n) is 1.88. The van der Waals surface area contributed by atoms with Gasteiger partial charge in [-0.25, -0.2) is 0 Å². The van der Waals surface area contributed by atoms with E-state index in [1.807, 2.05) is 49.2 Å². The third-order valence-corrected chi connectivity index (χ3v) is 2.99. The molecular weight excluding hydrogens is 240 g/mol. The second-order valence-corrected chi connectivity index (χ2v) is 5.61. The summed E-state index contributed by atoms with van der Waals surface area (Å²) in [4.78, 5) is 13.9. The summed E-state index contributed by atoms with van der Waals surface area (Å²) in [6.45, 7) is 6.29. The largest absolute Gasteiger partial charge is 0.389 e. The minimum Gasteiger partial charge on any atom is -0.389 e. The van der Waals surface area contributed by atoms with Gasteiger partial charge in [-0.2, -0.15) is 0 Å². The molecule has 0 bridgehead atoms. The summed E-state index contributed by atoms with van der Waals surface area (Å²) in [5.74, 6) is -0.0318. The van der Waals surface area contributed by atoms with E-state index in [0.29, 0.717) is 13.1 Å². The molecule has 19 heavy (non-hydrogen) atoms. The number of amides is 1. The molecule has 1 aromatic carbocycles. The van der Waals surface area contributed by atoms with Gasteiger partial charge in [0.25, 0.3) is 0 Å². The fraction of sp³-hybridized carbons (Fsp3) is 0.533. The molecule has 0 radical (unpaired) electrons. The smallest absolute Gasteiger partial charge is 0.237 e. The Hall–Kier alpha value is -1.39. The number of aliphatic hydroxyl groups is 1. The highest BCUT2D eigenvalue weighted by Crippen LogP contribution is 2.07. The third kappa shape index (κ3) is 5.85. The average molecular weight is 264 g/mol. The van der Waals surface area contributed by atoms with E-state index in [-0.39, 0.29) is 11.9 Å². The Kier molecular flexibility index (Phi) is 5.51. The average Bonchev–Trinajstić information content (AvgIpc) is 2.34. The van der Waals surface area contributed by atoms with Gasteiger partial charge in [0.05, 0.1) is 11.6 Å². The van der Waals surface area contributed by atoms with E-state index in [1.165, 1.54) is 0 Å². The Morgan fingerprint density at radius 3 is 2.47 bits per heavy atom. The Balaban J connectivity index is 2.44. The Bertz CT molecular complexity index is 398. The van der Waals surface area contributed by atoms with E-state index in [1.54, 1.807) is 13.8 Å². The van der Waals surface area contributed by atoms with Gasteiger partial charge in [-0.3, -0.25) is 9.69 Å². The molecule has 1 amide bonds. The summed E-state index contributed by atoms with van der Waals surface area (Å²) in [5, 5.41) is 12.7. The maximum Gasteiger partial charge on any atom is 0.237 e. The molecule has 0 aromatic heterocycles. The fourth-order valence-corrected chi connectivity index (χ4v) is 1.88. The molecule has 0 saturated heterocycles. The van der Waals surface area contributed by atoms with Crippen LogP contribution in [0.4, 0.5) is 0 Å². The van der Waals surface area contributed by atoms with Gasteiger partial charge < -0.3 is 10.4 Å². The van der Waals surface area contributed by atoms with Crippen molar-refractivity contribution < 1.29 is 9.90 Å². The number of nitrogens with zero attached hydrogens (tertiary/aromatic N) is 1. The SMILES string of the molecule is CC(C(=O)NCc1ccccc1)N(C)CC(C)(C)O. The first kappa shape index (κ1) is 15.7. The molecule has 0 spiro atoms. The van der Waals surface area contributed by atoms with Crippen molar-refractivity contribution in [1.82, 2.24) is 10.2 Å². The minimum absolute atomic E-state index is 0.0318. The van der Waals surface area contributed by atoms with E-state index in [0.717, 1.165) is 5.56 Å². The van der Waals surface area contributed by atoms with Gasteiger partial charge in [0.2, 0.25) is 5.91 Å². The monoisotopic (exact) mass is 264 g/mol. The van der Waals surface area contributed by atoms with Crippen LogP contribution in [0.3, 0.4) is 0 Å². The summed E-state index contributed by atoms with van der Waals surface area (Å²) in [6, 6.07) is 9.54. The summed E-state index contributed by atoms with van der Waals surface area (Å²) >= 11 is 0. The van der Waals surface area contributed by atoms with E-state index >= 15 is 0 Å². The van der Waals surface area contributed by atoms with Gasteiger partial charge in [-0.1, -0.05) is 30.3 Å². The molecule has 0 aliphatic rings. The van der Waals surface area contributed by atoms with Gasteiger partial charge in [-0.05, 0) is 33.4 Å². The van der Waals surface area contributed by atoms with Crippen LogP contribution in [0.5, 0.6) is 0 Å². The molecule has 106 valence electrons. The lowest BCUT2D eigenvalue weighted by Gasteiger charge is -2.29. The van der Waals surface area contributed by atoms with Gasteiger partial charge in [0.15, 0.2) is 0 Å². The summed E-state index contributed by atoms with van der Waals surface area (Å²) in [7, 11) is 1.84. The van der Waals surface area contributed by atoms with Gasteiger partial charge >= 0.3 is 0 Å². The first-order valence-electron chi connectivity index (χ1n) is 6.54. The van der Waals surface area contributed by atoms with Crippen molar-refractivity contribution in [3.63, 3.8) is 0 Å². The van der Waals surface area contributed by atoms with Crippen LogP contribution in [0.25, 0.3) is 0 Å². The zero-order valence-electron chi connectivity index (χ0n) is 12.2. The van der Waals surface area contributed by atoms with Crippen LogP contribution in [0, 0.1) is 0 Å². The van der Waals surface area contributed by atoms with Crippen molar-refractivity contribution in [3.05, 3.63) is 35.9 Å². The third-order valence-electron chi connectivity index (χ3n) is 2.99. The zero-order chi connectivity index (χ0) is 14.5. The number of hydrogen-bond donors (Lipinski definition) is 2. The van der Waals surface area contributed by atoms with Crippen molar-refractivity contribution in [2.75, 3.05) is 13.6 Å². The van der Waals surface area contributed by atoms with Gasteiger partial charge in [0.1, 0.15) is 0 Å². The summed E-state index contributed by atoms with van der Waals surface area (Å²) < 4.78 is 0. The van der Waals surface area contributed by atoms with E-state index in [9.17, 15) is 9.90 Å². The molecule has 0 fully saturated rings. The lowest BCUT2D eigenvalue weighted by Crippen LogP contribution is -2.47. The van der Waals surface area contributed by atoms with E-state index in [2.05, 4.69) is 5.32 Å². The Morgan fingerprint density at radius 2 is 1.95 bits per heavy atom. The second-order valence-electron chi connectivity index (χ2n) is 5.61. The van der Waals surface area contributed by atoms with Crippen molar-refractivity contribution >= 4 is 5.91 Å². The quantitative estimate of drug-likeness (QED) is 0.816. The molecule has 4 nitrogen and oxygen atoms in total. The number of benzene rings is 1. The van der Waals surface area contributed by atoms with Crippen molar-refractivity contribution in [3.8, 4) is 0 Å².